The van der Waals surface area contributed by atoms with Crippen molar-refractivity contribution in [3.05, 3.63) is 35.4 Å². The summed E-state index contributed by atoms with van der Waals surface area (Å²) in [4.78, 5) is 23.5. The van der Waals surface area contributed by atoms with Gasteiger partial charge >= 0.3 is 11.9 Å². The predicted octanol–water partition coefficient (Wildman–Crippen LogP) is 3.85. The Labute approximate surface area is 155 Å². The molecule has 0 aliphatic rings. The maximum Gasteiger partial charge on any atom is 0.338 e. The van der Waals surface area contributed by atoms with E-state index in [9.17, 15) is 14.7 Å². The molecule has 26 heavy (non-hydrogen) atoms. The van der Waals surface area contributed by atoms with Gasteiger partial charge in [-0.2, -0.15) is 0 Å². The van der Waals surface area contributed by atoms with Crippen molar-refractivity contribution in [2.24, 2.45) is 5.92 Å². The van der Waals surface area contributed by atoms with Gasteiger partial charge in [0.15, 0.2) is 6.29 Å². The molecule has 146 valence electrons. The Morgan fingerprint density at radius 3 is 2.00 bits per heavy atom. The van der Waals surface area contributed by atoms with Crippen LogP contribution in [0, 0.1) is 5.92 Å². The molecule has 0 amide bonds. The van der Waals surface area contributed by atoms with Crippen LogP contribution in [0.15, 0.2) is 24.3 Å². The van der Waals surface area contributed by atoms with Gasteiger partial charge in [0.25, 0.3) is 0 Å². The van der Waals surface area contributed by atoms with Gasteiger partial charge in [-0.15, -0.1) is 0 Å². The van der Waals surface area contributed by atoms with Gasteiger partial charge in [0.05, 0.1) is 5.56 Å². The first kappa shape index (κ1) is 22.1. The molecule has 0 saturated heterocycles. The first-order valence-corrected chi connectivity index (χ1v) is 8.70. The van der Waals surface area contributed by atoms with E-state index in [0.29, 0.717) is 18.4 Å². The number of aliphatic carboxylic acids is 1. The molecular weight excluding hydrogens is 336 g/mol. The summed E-state index contributed by atoms with van der Waals surface area (Å²) in [6.07, 6.45) is 0.317. The van der Waals surface area contributed by atoms with Gasteiger partial charge in [0, 0.05) is 14.2 Å². The number of ether oxygens (including phenoxy) is 3. The van der Waals surface area contributed by atoms with Crippen LogP contribution in [0.1, 0.15) is 62.4 Å². The molecule has 2 atom stereocenters. The van der Waals surface area contributed by atoms with Crippen molar-refractivity contribution >= 4 is 11.9 Å². The number of methoxy groups -OCH3 is 2. The van der Waals surface area contributed by atoms with Gasteiger partial charge in [0.1, 0.15) is 11.5 Å². The summed E-state index contributed by atoms with van der Waals surface area (Å²) in [7, 11) is 2.87. The van der Waals surface area contributed by atoms with Crippen molar-refractivity contribution in [3.63, 3.8) is 0 Å². The number of hydrogen-bond acceptors (Lipinski definition) is 5. The second-order valence-corrected chi connectivity index (χ2v) is 7.39. The van der Waals surface area contributed by atoms with Crippen LogP contribution in [0.4, 0.5) is 0 Å². The quantitative estimate of drug-likeness (QED) is 0.528. The lowest BCUT2D eigenvalue weighted by Crippen LogP contribution is -2.31. The van der Waals surface area contributed by atoms with Crippen LogP contribution in [0.5, 0.6) is 0 Å². The van der Waals surface area contributed by atoms with Crippen LogP contribution >= 0.6 is 0 Å². The third kappa shape index (κ3) is 6.77. The van der Waals surface area contributed by atoms with Crippen LogP contribution in [-0.2, 0) is 19.0 Å². The van der Waals surface area contributed by atoms with Crippen molar-refractivity contribution in [3.8, 4) is 0 Å². The summed E-state index contributed by atoms with van der Waals surface area (Å²) in [5, 5.41) is 9.37. The molecule has 0 spiro atoms. The molecule has 6 heteroatoms. The molecule has 1 N–H and O–H groups in total. The highest BCUT2D eigenvalue weighted by Crippen LogP contribution is 2.26. The van der Waals surface area contributed by atoms with Gasteiger partial charge in [-0.05, 0) is 57.2 Å². The molecule has 0 aliphatic heterocycles. The predicted molar refractivity (Wildman–Crippen MR) is 98.2 cm³/mol. The molecule has 1 aromatic carbocycles. The number of carbonyl (C=O) groups is 2. The second kappa shape index (κ2) is 9.69. The zero-order valence-electron chi connectivity index (χ0n) is 16.4. The summed E-state index contributed by atoms with van der Waals surface area (Å²) < 4.78 is 15.5. The lowest BCUT2D eigenvalue weighted by molar-refractivity contribution is -0.172. The fourth-order valence-electron chi connectivity index (χ4n) is 2.68. The Bertz CT molecular complexity index is 583. The highest BCUT2D eigenvalue weighted by atomic mass is 16.7. The van der Waals surface area contributed by atoms with Crippen molar-refractivity contribution in [1.29, 1.82) is 0 Å². The molecule has 2 unspecified atom stereocenters. The Morgan fingerprint density at radius 1 is 1.04 bits per heavy atom. The molecule has 1 aromatic rings. The van der Waals surface area contributed by atoms with E-state index in [2.05, 4.69) is 0 Å². The van der Waals surface area contributed by atoms with E-state index < -0.39 is 23.8 Å². The van der Waals surface area contributed by atoms with Crippen LogP contribution in [0.3, 0.4) is 0 Å². The Kier molecular flexibility index (Phi) is 8.24. The molecule has 0 aromatic heterocycles. The Morgan fingerprint density at radius 2 is 1.58 bits per heavy atom. The summed E-state index contributed by atoms with van der Waals surface area (Å²) in [6.45, 7) is 7.50. The van der Waals surface area contributed by atoms with Crippen molar-refractivity contribution in [2.45, 2.75) is 58.3 Å². The number of rotatable bonds is 9. The van der Waals surface area contributed by atoms with E-state index in [1.807, 2.05) is 39.8 Å². The molecule has 1 rings (SSSR count). The van der Waals surface area contributed by atoms with E-state index in [4.69, 9.17) is 14.2 Å². The second-order valence-electron chi connectivity index (χ2n) is 7.39. The van der Waals surface area contributed by atoms with Gasteiger partial charge in [-0.1, -0.05) is 19.1 Å². The molecule has 0 fully saturated rings. The SMILES string of the molecule is COC(OC)C(CCC(C)c1ccc(C(=O)OC(C)(C)C)cc1)C(=O)O. The monoisotopic (exact) mass is 366 g/mol. The zero-order chi connectivity index (χ0) is 19.9. The van der Waals surface area contributed by atoms with Crippen LogP contribution < -0.4 is 0 Å². The summed E-state index contributed by atoms with van der Waals surface area (Å²) in [5.41, 5.74) is 1.000. The average Bonchev–Trinajstić information content (AvgIpc) is 2.56. The third-order valence-electron chi connectivity index (χ3n) is 4.14. The first-order valence-electron chi connectivity index (χ1n) is 8.70. The maximum absolute atomic E-state index is 12.1. The third-order valence-corrected chi connectivity index (χ3v) is 4.14. The molecule has 0 radical (unpaired) electrons. The smallest absolute Gasteiger partial charge is 0.338 e. The van der Waals surface area contributed by atoms with E-state index in [0.717, 1.165) is 5.56 Å². The largest absolute Gasteiger partial charge is 0.481 e. The van der Waals surface area contributed by atoms with E-state index in [1.165, 1.54) is 14.2 Å². The van der Waals surface area contributed by atoms with Crippen LogP contribution in [0.25, 0.3) is 0 Å². The van der Waals surface area contributed by atoms with Crippen molar-refractivity contribution < 1.29 is 28.9 Å². The topological polar surface area (TPSA) is 82.1 Å². The van der Waals surface area contributed by atoms with Gasteiger partial charge in [-0.3, -0.25) is 4.79 Å². The minimum absolute atomic E-state index is 0.138. The fraction of sp³-hybridized carbons (Fsp3) is 0.600. The van der Waals surface area contributed by atoms with Gasteiger partial charge in [0.2, 0.25) is 0 Å². The van der Waals surface area contributed by atoms with Gasteiger partial charge < -0.3 is 19.3 Å². The Hall–Kier alpha value is -1.92. The Balaban J connectivity index is 2.71. The summed E-state index contributed by atoms with van der Waals surface area (Å²) >= 11 is 0. The minimum atomic E-state index is -0.939. The summed E-state index contributed by atoms with van der Waals surface area (Å²) in [5.74, 6) is -1.88. The zero-order valence-corrected chi connectivity index (χ0v) is 16.4. The lowest BCUT2D eigenvalue weighted by Gasteiger charge is -2.23. The first-order chi connectivity index (χ1) is 12.1. The highest BCUT2D eigenvalue weighted by Gasteiger charge is 2.28. The number of carboxylic acid groups (broad SMARTS) is 1. The minimum Gasteiger partial charge on any atom is -0.481 e. The number of carboxylic acids is 1. The average molecular weight is 366 g/mol. The molecule has 0 heterocycles. The van der Waals surface area contributed by atoms with E-state index in [-0.39, 0.29) is 11.9 Å². The molecular formula is C20H30O6. The fourth-order valence-corrected chi connectivity index (χ4v) is 2.68. The number of esters is 1. The maximum atomic E-state index is 12.1. The number of carbonyl (C=O) groups excluding carboxylic acids is 1. The molecule has 0 aliphatic carbocycles. The lowest BCUT2D eigenvalue weighted by atomic mass is 9.91. The molecule has 0 saturated carbocycles. The molecule has 0 bridgehead atoms. The van der Waals surface area contributed by atoms with E-state index in [1.54, 1.807) is 12.1 Å². The van der Waals surface area contributed by atoms with Crippen LogP contribution in [-0.4, -0.2) is 43.2 Å². The molecule has 6 nitrogen and oxygen atoms in total. The highest BCUT2D eigenvalue weighted by molar-refractivity contribution is 5.89. The van der Waals surface area contributed by atoms with Crippen molar-refractivity contribution in [2.75, 3.05) is 14.2 Å². The van der Waals surface area contributed by atoms with Crippen molar-refractivity contribution in [1.82, 2.24) is 0 Å². The summed E-state index contributed by atoms with van der Waals surface area (Å²) in [6, 6.07) is 7.23. The number of hydrogen-bond donors (Lipinski definition) is 1. The van der Waals surface area contributed by atoms with E-state index >= 15 is 0 Å². The normalized spacial score (nSPS) is 14.1. The number of benzene rings is 1. The standard InChI is InChI=1S/C20H30O6/c1-13(7-12-16(17(21)22)19(24-5)25-6)14-8-10-15(11-9-14)18(23)26-20(2,3)4/h8-11,13,16,19H,7,12H2,1-6H3,(H,21,22). The van der Waals surface area contributed by atoms with Gasteiger partial charge in [-0.25, -0.2) is 4.79 Å². The van der Waals surface area contributed by atoms with Crippen LogP contribution in [0.2, 0.25) is 0 Å².